The topological polar surface area (TPSA) is 58.2 Å². The van der Waals surface area contributed by atoms with Crippen molar-refractivity contribution in [1.29, 1.82) is 0 Å². The van der Waals surface area contributed by atoms with Crippen LogP contribution in [0.1, 0.15) is 29.8 Å². The highest BCUT2D eigenvalue weighted by Crippen LogP contribution is 2.15. The van der Waals surface area contributed by atoms with E-state index < -0.39 is 6.04 Å². The van der Waals surface area contributed by atoms with E-state index in [0.717, 1.165) is 0 Å². The van der Waals surface area contributed by atoms with E-state index in [2.05, 4.69) is 10.6 Å². The van der Waals surface area contributed by atoms with Gasteiger partial charge in [-0.25, -0.2) is 4.39 Å². The molecule has 2 rings (SSSR count). The minimum Gasteiger partial charge on any atom is -0.374 e. The maximum Gasteiger partial charge on any atom is 0.246 e. The quantitative estimate of drug-likeness (QED) is 0.826. The van der Waals surface area contributed by atoms with Crippen molar-refractivity contribution in [3.8, 4) is 0 Å². The van der Waals surface area contributed by atoms with E-state index in [-0.39, 0.29) is 17.5 Å². The lowest BCUT2D eigenvalue weighted by molar-refractivity contribution is -0.116. The number of carbonyl (C=O) groups excluding carboxylic acids is 2. The van der Waals surface area contributed by atoms with E-state index >= 15 is 0 Å². The number of rotatable bonds is 5. The summed E-state index contributed by atoms with van der Waals surface area (Å²) in [5, 5.41) is 5.70. The summed E-state index contributed by atoms with van der Waals surface area (Å²) in [5.41, 5.74) is 2.29. The summed E-state index contributed by atoms with van der Waals surface area (Å²) in [5.74, 6) is -0.594. The van der Waals surface area contributed by atoms with E-state index in [1.165, 1.54) is 13.0 Å². The van der Waals surface area contributed by atoms with Crippen LogP contribution in [-0.4, -0.2) is 17.7 Å². The van der Waals surface area contributed by atoms with Crippen LogP contribution in [0.5, 0.6) is 0 Å². The third-order valence-electron chi connectivity index (χ3n) is 3.51. The van der Waals surface area contributed by atoms with Crippen LogP contribution in [0.15, 0.2) is 42.5 Å². The molecule has 2 N–H and O–H groups in total. The van der Waals surface area contributed by atoms with Gasteiger partial charge in [-0.15, -0.1) is 0 Å². The van der Waals surface area contributed by atoms with Gasteiger partial charge in [0, 0.05) is 16.9 Å². The van der Waals surface area contributed by atoms with Crippen molar-refractivity contribution in [2.24, 2.45) is 0 Å². The fourth-order valence-corrected chi connectivity index (χ4v) is 2.04. The summed E-state index contributed by atoms with van der Waals surface area (Å²) in [4.78, 5) is 23.4. The molecule has 0 aliphatic heterocycles. The Hall–Kier alpha value is -2.69. The maximum absolute atomic E-state index is 13.5. The zero-order valence-electron chi connectivity index (χ0n) is 13.3. The number of carbonyl (C=O) groups is 2. The van der Waals surface area contributed by atoms with Crippen molar-refractivity contribution < 1.29 is 14.0 Å². The Kier molecular flexibility index (Phi) is 5.11. The molecule has 0 spiro atoms. The van der Waals surface area contributed by atoms with E-state index in [1.807, 2.05) is 0 Å². The third kappa shape index (κ3) is 4.39. The van der Waals surface area contributed by atoms with Gasteiger partial charge in [0.05, 0.1) is 0 Å². The van der Waals surface area contributed by atoms with Crippen molar-refractivity contribution in [1.82, 2.24) is 0 Å². The summed E-state index contributed by atoms with van der Waals surface area (Å²) >= 11 is 0. The Labute approximate surface area is 134 Å². The first kappa shape index (κ1) is 16.7. The van der Waals surface area contributed by atoms with Gasteiger partial charge in [0.2, 0.25) is 5.91 Å². The van der Waals surface area contributed by atoms with Crippen molar-refractivity contribution in [3.63, 3.8) is 0 Å². The van der Waals surface area contributed by atoms with Crippen LogP contribution in [0.4, 0.5) is 15.8 Å². The first-order chi connectivity index (χ1) is 10.9. The molecule has 23 heavy (non-hydrogen) atoms. The molecule has 120 valence electrons. The highest BCUT2D eigenvalue weighted by molar-refractivity contribution is 5.97. The van der Waals surface area contributed by atoms with E-state index in [4.69, 9.17) is 0 Å². The number of hydrogen-bond acceptors (Lipinski definition) is 3. The maximum atomic E-state index is 13.5. The Balaban J connectivity index is 1.99. The molecule has 0 heterocycles. The normalized spacial score (nSPS) is 11.7. The van der Waals surface area contributed by atoms with E-state index in [1.54, 1.807) is 50.2 Å². The second-order valence-electron chi connectivity index (χ2n) is 5.45. The predicted molar refractivity (Wildman–Crippen MR) is 89.3 cm³/mol. The van der Waals surface area contributed by atoms with Gasteiger partial charge in [-0.1, -0.05) is 6.07 Å². The molecule has 0 aliphatic carbocycles. The molecule has 1 amide bonds. The molecule has 2 aromatic carbocycles. The molecule has 1 atom stereocenters. The van der Waals surface area contributed by atoms with Crippen molar-refractivity contribution in [3.05, 3.63) is 59.4 Å². The molecule has 0 aromatic heterocycles. The number of aryl methyl sites for hydroxylation is 1. The number of ketones is 1. The average molecular weight is 314 g/mol. The predicted octanol–water partition coefficient (Wildman–Crippen LogP) is 3.78. The Morgan fingerprint density at radius 3 is 2.22 bits per heavy atom. The molecule has 1 unspecified atom stereocenters. The Morgan fingerprint density at radius 2 is 1.65 bits per heavy atom. The van der Waals surface area contributed by atoms with Crippen LogP contribution < -0.4 is 10.6 Å². The lowest BCUT2D eigenvalue weighted by atomic mass is 10.1. The summed E-state index contributed by atoms with van der Waals surface area (Å²) < 4.78 is 13.5. The number of halogens is 1. The number of hydrogen-bond donors (Lipinski definition) is 2. The first-order valence-corrected chi connectivity index (χ1v) is 7.31. The van der Waals surface area contributed by atoms with Gasteiger partial charge in [-0.05, 0) is 62.7 Å². The average Bonchev–Trinajstić information content (AvgIpc) is 2.51. The van der Waals surface area contributed by atoms with Gasteiger partial charge in [0.15, 0.2) is 5.78 Å². The van der Waals surface area contributed by atoms with Gasteiger partial charge in [0.1, 0.15) is 11.9 Å². The second-order valence-corrected chi connectivity index (χ2v) is 5.45. The summed E-state index contributed by atoms with van der Waals surface area (Å²) in [6.07, 6.45) is 0. The van der Waals surface area contributed by atoms with Crippen LogP contribution in [0.2, 0.25) is 0 Å². The molecule has 2 aromatic rings. The molecule has 0 saturated carbocycles. The fraction of sp³-hybridized carbons (Fsp3) is 0.222. The molecule has 4 nitrogen and oxygen atoms in total. The number of Topliss-reactive ketones (excluding diaryl/α,β-unsaturated/α-hetero) is 1. The number of nitrogens with one attached hydrogen (secondary N) is 2. The van der Waals surface area contributed by atoms with Crippen LogP contribution >= 0.6 is 0 Å². The highest BCUT2D eigenvalue weighted by atomic mass is 19.1. The molecule has 0 fully saturated rings. The second kappa shape index (κ2) is 7.05. The molecule has 0 saturated heterocycles. The van der Waals surface area contributed by atoms with Gasteiger partial charge >= 0.3 is 0 Å². The first-order valence-electron chi connectivity index (χ1n) is 7.31. The standard InChI is InChI=1S/C18H19FN2O2/c1-11-4-7-16(10-17(11)19)20-12(2)18(23)21-15-8-5-14(6-9-15)13(3)22/h4-10,12,20H,1-3H3,(H,21,23). The van der Waals surface area contributed by atoms with Crippen LogP contribution in [0, 0.1) is 12.7 Å². The SMILES string of the molecule is CC(=O)c1ccc(NC(=O)C(C)Nc2ccc(C)c(F)c2)cc1. The monoisotopic (exact) mass is 314 g/mol. The zero-order valence-corrected chi connectivity index (χ0v) is 13.3. The largest absolute Gasteiger partial charge is 0.374 e. The zero-order chi connectivity index (χ0) is 17.0. The van der Waals surface area contributed by atoms with Gasteiger partial charge in [0.25, 0.3) is 0 Å². The van der Waals surface area contributed by atoms with Crippen LogP contribution in [0.25, 0.3) is 0 Å². The summed E-state index contributed by atoms with van der Waals surface area (Å²) in [7, 11) is 0. The minimum absolute atomic E-state index is 0.0284. The number of anilines is 2. The smallest absolute Gasteiger partial charge is 0.246 e. The van der Waals surface area contributed by atoms with Gasteiger partial charge < -0.3 is 10.6 Å². The fourth-order valence-electron chi connectivity index (χ4n) is 2.04. The number of benzene rings is 2. The van der Waals surface area contributed by atoms with Crippen molar-refractivity contribution in [2.75, 3.05) is 10.6 Å². The minimum atomic E-state index is -0.537. The van der Waals surface area contributed by atoms with E-state index in [9.17, 15) is 14.0 Å². The summed E-state index contributed by atoms with van der Waals surface area (Å²) in [6, 6.07) is 10.9. The lowest BCUT2D eigenvalue weighted by Gasteiger charge is -2.16. The van der Waals surface area contributed by atoms with Gasteiger partial charge in [-0.2, -0.15) is 0 Å². The van der Waals surface area contributed by atoms with Crippen LogP contribution in [0.3, 0.4) is 0 Å². The molecule has 0 bridgehead atoms. The molecule has 0 radical (unpaired) electrons. The highest BCUT2D eigenvalue weighted by Gasteiger charge is 2.13. The van der Waals surface area contributed by atoms with Gasteiger partial charge in [-0.3, -0.25) is 9.59 Å². The molecule has 5 heteroatoms. The molecule has 0 aliphatic rings. The lowest BCUT2D eigenvalue weighted by Crippen LogP contribution is -2.31. The van der Waals surface area contributed by atoms with Crippen LogP contribution in [-0.2, 0) is 4.79 Å². The molecular formula is C18H19FN2O2. The third-order valence-corrected chi connectivity index (χ3v) is 3.51. The van der Waals surface area contributed by atoms with Crippen molar-refractivity contribution in [2.45, 2.75) is 26.8 Å². The van der Waals surface area contributed by atoms with Crippen molar-refractivity contribution >= 4 is 23.1 Å². The summed E-state index contributed by atoms with van der Waals surface area (Å²) in [6.45, 7) is 4.86. The Bertz CT molecular complexity index is 726. The number of amides is 1. The molecular weight excluding hydrogens is 295 g/mol. The van der Waals surface area contributed by atoms with E-state index in [0.29, 0.717) is 22.5 Å². The Morgan fingerprint density at radius 1 is 1.04 bits per heavy atom.